The summed E-state index contributed by atoms with van der Waals surface area (Å²) in [5.41, 5.74) is 2.41. The molecule has 0 spiro atoms. The van der Waals surface area contributed by atoms with E-state index < -0.39 is 0 Å². The average Bonchev–Trinajstić information content (AvgIpc) is 1.99. The predicted octanol–water partition coefficient (Wildman–Crippen LogP) is 3.42. The molecule has 0 radical (unpaired) electrons. The lowest BCUT2D eigenvalue weighted by molar-refractivity contribution is 0.754. The van der Waals surface area contributed by atoms with E-state index in [-0.39, 0.29) is 0 Å². The largest absolute Gasteiger partial charge is 0.263 e. The molecule has 0 rings (SSSR count). The predicted molar refractivity (Wildman–Crippen MR) is 52.0 cm³/mol. The van der Waals surface area contributed by atoms with Crippen LogP contribution in [0.1, 0.15) is 41.0 Å². The first-order valence-electron chi connectivity index (χ1n) is 4.32. The van der Waals surface area contributed by atoms with E-state index in [0.29, 0.717) is 5.92 Å². The Balaban J connectivity index is 4.32. The van der Waals surface area contributed by atoms with E-state index in [2.05, 4.69) is 38.8 Å². The van der Waals surface area contributed by atoms with Crippen molar-refractivity contribution in [2.45, 2.75) is 41.0 Å². The molecule has 0 fully saturated rings. The monoisotopic (exact) mass is 153 g/mol. The molecule has 0 unspecified atom stereocenters. The van der Waals surface area contributed by atoms with Crippen molar-refractivity contribution in [2.75, 3.05) is 0 Å². The van der Waals surface area contributed by atoms with Crippen LogP contribution in [-0.4, -0.2) is 5.71 Å². The van der Waals surface area contributed by atoms with E-state index in [1.54, 1.807) is 0 Å². The van der Waals surface area contributed by atoms with Crippen molar-refractivity contribution in [3.8, 4) is 0 Å². The van der Waals surface area contributed by atoms with Crippen molar-refractivity contribution in [3.05, 3.63) is 11.8 Å². The molecule has 0 saturated heterocycles. The summed E-state index contributed by atoms with van der Waals surface area (Å²) < 4.78 is 0. The lowest BCUT2D eigenvalue weighted by Crippen LogP contribution is -1.95. The Morgan fingerprint density at radius 2 is 2.00 bits per heavy atom. The van der Waals surface area contributed by atoms with E-state index in [1.165, 1.54) is 11.4 Å². The second-order valence-electron chi connectivity index (χ2n) is 3.07. The van der Waals surface area contributed by atoms with Gasteiger partial charge in [0.2, 0.25) is 0 Å². The molecule has 1 nitrogen and oxygen atoms in total. The molecule has 0 saturated carbocycles. The third-order valence-corrected chi connectivity index (χ3v) is 1.72. The van der Waals surface area contributed by atoms with Gasteiger partial charge in [0.15, 0.2) is 0 Å². The van der Waals surface area contributed by atoms with E-state index in [1.807, 2.05) is 6.92 Å². The fourth-order valence-corrected chi connectivity index (χ4v) is 0.826. The molecule has 0 aliphatic carbocycles. The standard InChI is InChI=1S/C10H19N/c1-6-9(5)11-10(7-2)8(3)4/h7-8H,6H2,1-5H3/b10-7-,11-9-. The number of allylic oxidation sites excluding steroid dienone is 2. The summed E-state index contributed by atoms with van der Waals surface area (Å²) in [7, 11) is 0. The Morgan fingerprint density at radius 3 is 2.27 bits per heavy atom. The zero-order valence-corrected chi connectivity index (χ0v) is 8.31. The number of aliphatic imine (C=N–C) groups is 1. The summed E-state index contributed by atoms with van der Waals surface area (Å²) >= 11 is 0. The van der Waals surface area contributed by atoms with Crippen molar-refractivity contribution in [2.24, 2.45) is 10.9 Å². The maximum atomic E-state index is 4.49. The van der Waals surface area contributed by atoms with Crippen LogP contribution in [0.3, 0.4) is 0 Å². The van der Waals surface area contributed by atoms with Crippen molar-refractivity contribution >= 4 is 5.71 Å². The first-order valence-corrected chi connectivity index (χ1v) is 4.32. The highest BCUT2D eigenvalue weighted by molar-refractivity contribution is 5.82. The summed E-state index contributed by atoms with van der Waals surface area (Å²) in [6, 6.07) is 0. The van der Waals surface area contributed by atoms with Crippen LogP contribution < -0.4 is 0 Å². The Morgan fingerprint density at radius 1 is 1.45 bits per heavy atom. The van der Waals surface area contributed by atoms with Crippen molar-refractivity contribution in [3.63, 3.8) is 0 Å². The molecule has 64 valence electrons. The molecule has 0 aromatic carbocycles. The minimum absolute atomic E-state index is 0.543. The van der Waals surface area contributed by atoms with E-state index in [9.17, 15) is 0 Å². The molecule has 0 amide bonds. The van der Waals surface area contributed by atoms with Crippen LogP contribution >= 0.6 is 0 Å². The molecular weight excluding hydrogens is 134 g/mol. The number of nitrogens with zero attached hydrogens (tertiary/aromatic N) is 1. The van der Waals surface area contributed by atoms with Gasteiger partial charge in [0.25, 0.3) is 0 Å². The van der Waals surface area contributed by atoms with Gasteiger partial charge >= 0.3 is 0 Å². The van der Waals surface area contributed by atoms with Crippen molar-refractivity contribution < 1.29 is 0 Å². The summed E-state index contributed by atoms with van der Waals surface area (Å²) in [5.74, 6) is 0.543. The van der Waals surface area contributed by atoms with Crippen LogP contribution in [0.25, 0.3) is 0 Å². The van der Waals surface area contributed by atoms with Crippen LogP contribution in [0.2, 0.25) is 0 Å². The van der Waals surface area contributed by atoms with Gasteiger partial charge in [-0.05, 0) is 26.2 Å². The Bertz CT molecular complexity index is 164. The third kappa shape index (κ3) is 3.97. The number of hydrogen-bond donors (Lipinski definition) is 0. The fraction of sp³-hybridized carbons (Fsp3) is 0.700. The minimum atomic E-state index is 0.543. The highest BCUT2D eigenvalue weighted by Crippen LogP contribution is 2.11. The van der Waals surface area contributed by atoms with Gasteiger partial charge in [-0.15, -0.1) is 0 Å². The summed E-state index contributed by atoms with van der Waals surface area (Å²) in [4.78, 5) is 4.49. The van der Waals surface area contributed by atoms with Gasteiger partial charge in [-0.1, -0.05) is 26.8 Å². The molecule has 0 aliphatic rings. The lowest BCUT2D eigenvalue weighted by Gasteiger charge is -2.05. The van der Waals surface area contributed by atoms with Gasteiger partial charge in [-0.25, -0.2) is 0 Å². The fourth-order valence-electron chi connectivity index (χ4n) is 0.826. The van der Waals surface area contributed by atoms with Gasteiger partial charge in [-0.3, -0.25) is 4.99 Å². The molecule has 0 aromatic heterocycles. The molecule has 1 heteroatoms. The Kier molecular flexibility index (Phi) is 4.84. The van der Waals surface area contributed by atoms with Crippen LogP contribution in [0.5, 0.6) is 0 Å². The molecule has 0 bridgehead atoms. The van der Waals surface area contributed by atoms with Crippen LogP contribution in [-0.2, 0) is 0 Å². The van der Waals surface area contributed by atoms with Crippen molar-refractivity contribution in [1.29, 1.82) is 0 Å². The van der Waals surface area contributed by atoms with E-state index >= 15 is 0 Å². The summed E-state index contributed by atoms with van der Waals surface area (Å²) in [5, 5.41) is 0. The molecule has 0 aromatic rings. The SMILES string of the molecule is C/C=C(\N=C(\C)CC)C(C)C. The van der Waals surface area contributed by atoms with Crippen LogP contribution in [0.15, 0.2) is 16.8 Å². The number of hydrogen-bond acceptors (Lipinski definition) is 1. The smallest absolute Gasteiger partial charge is 0.0385 e. The van der Waals surface area contributed by atoms with E-state index in [0.717, 1.165) is 6.42 Å². The average molecular weight is 153 g/mol. The molecular formula is C10H19N. The van der Waals surface area contributed by atoms with Gasteiger partial charge in [-0.2, -0.15) is 0 Å². The molecule has 0 N–H and O–H groups in total. The summed E-state index contributed by atoms with van der Waals surface area (Å²) in [6.45, 7) is 10.6. The number of rotatable bonds is 3. The second kappa shape index (κ2) is 5.11. The van der Waals surface area contributed by atoms with Gasteiger partial charge in [0.05, 0.1) is 0 Å². The van der Waals surface area contributed by atoms with Crippen molar-refractivity contribution in [1.82, 2.24) is 0 Å². The molecule has 0 atom stereocenters. The Hall–Kier alpha value is -0.590. The van der Waals surface area contributed by atoms with Crippen LogP contribution in [0.4, 0.5) is 0 Å². The first-order chi connectivity index (χ1) is 5.11. The highest BCUT2D eigenvalue weighted by Gasteiger charge is 1.98. The van der Waals surface area contributed by atoms with Gasteiger partial charge in [0, 0.05) is 11.4 Å². The summed E-state index contributed by atoms with van der Waals surface area (Å²) in [6.07, 6.45) is 3.13. The topological polar surface area (TPSA) is 12.4 Å². The van der Waals surface area contributed by atoms with Crippen LogP contribution in [0, 0.1) is 5.92 Å². The highest BCUT2D eigenvalue weighted by atomic mass is 14.8. The normalized spacial score (nSPS) is 14.4. The lowest BCUT2D eigenvalue weighted by atomic mass is 10.1. The quantitative estimate of drug-likeness (QED) is 0.551. The maximum Gasteiger partial charge on any atom is 0.0385 e. The van der Waals surface area contributed by atoms with Gasteiger partial charge < -0.3 is 0 Å². The third-order valence-electron chi connectivity index (χ3n) is 1.72. The zero-order chi connectivity index (χ0) is 8.85. The Labute approximate surface area is 70.2 Å². The molecule has 0 aliphatic heterocycles. The second-order valence-corrected chi connectivity index (χ2v) is 3.07. The zero-order valence-electron chi connectivity index (χ0n) is 8.31. The first kappa shape index (κ1) is 10.4. The molecule has 11 heavy (non-hydrogen) atoms. The molecule has 0 heterocycles. The minimum Gasteiger partial charge on any atom is -0.263 e. The van der Waals surface area contributed by atoms with Gasteiger partial charge in [0.1, 0.15) is 0 Å². The maximum absolute atomic E-state index is 4.49. The van der Waals surface area contributed by atoms with E-state index in [4.69, 9.17) is 0 Å².